The molecule has 1 saturated heterocycles. The van der Waals surface area contributed by atoms with Crippen molar-refractivity contribution in [2.75, 3.05) is 21.1 Å². The van der Waals surface area contributed by atoms with E-state index in [0.29, 0.717) is 17.4 Å². The van der Waals surface area contributed by atoms with Gasteiger partial charge in [0.1, 0.15) is 23.6 Å². The number of amides is 5. The molecule has 53 heavy (non-hydrogen) atoms. The number of rotatable bonds is 10. The van der Waals surface area contributed by atoms with Crippen LogP contribution in [0.5, 0.6) is 11.5 Å². The molecule has 2 atom stereocenters. The number of hydrogen-bond donors (Lipinski definition) is 2. The van der Waals surface area contributed by atoms with Crippen LogP contribution >= 0.6 is 0 Å². The maximum Gasteiger partial charge on any atom is 0.343 e. The highest BCUT2D eigenvalue weighted by molar-refractivity contribution is 6.21. The lowest BCUT2D eigenvalue weighted by Gasteiger charge is -2.29. The number of nitrogens with one attached hydrogen (secondary N) is 2. The maximum atomic E-state index is 13.0. The number of imide groups is 1. The second kappa shape index (κ2) is 14.7. The lowest BCUT2D eigenvalue weighted by atomic mass is 9.98. The molecular formula is C39H32N4O10. The summed E-state index contributed by atoms with van der Waals surface area (Å²) in [6.45, 7) is 0. The molecule has 4 aromatic rings. The number of carbonyl (C=O) groups is 8. The van der Waals surface area contributed by atoms with E-state index in [1.54, 1.807) is 48.5 Å². The van der Waals surface area contributed by atoms with Gasteiger partial charge >= 0.3 is 11.9 Å². The van der Waals surface area contributed by atoms with Gasteiger partial charge in [-0.2, -0.15) is 0 Å². The van der Waals surface area contributed by atoms with Crippen molar-refractivity contribution in [1.29, 1.82) is 0 Å². The summed E-state index contributed by atoms with van der Waals surface area (Å²) in [5, 5.41) is 5.51. The van der Waals surface area contributed by atoms with Gasteiger partial charge in [0.2, 0.25) is 11.8 Å². The summed E-state index contributed by atoms with van der Waals surface area (Å²) in [5.74, 6) is -3.15. The second-order valence-corrected chi connectivity index (χ2v) is 12.6. The highest BCUT2D eigenvalue weighted by Gasteiger charge is 2.35. The summed E-state index contributed by atoms with van der Waals surface area (Å²) in [7, 11) is 4.43. The van der Waals surface area contributed by atoms with Crippen LogP contribution in [0.25, 0.3) is 0 Å². The van der Waals surface area contributed by atoms with E-state index in [4.69, 9.17) is 9.47 Å². The third-order valence-corrected chi connectivity index (χ3v) is 8.79. The first kappa shape index (κ1) is 35.9. The van der Waals surface area contributed by atoms with Crippen LogP contribution in [-0.2, 0) is 22.4 Å². The van der Waals surface area contributed by atoms with E-state index in [1.807, 2.05) is 0 Å². The fourth-order valence-corrected chi connectivity index (χ4v) is 5.85. The van der Waals surface area contributed by atoms with Gasteiger partial charge in [0, 0.05) is 39.5 Å². The van der Waals surface area contributed by atoms with Gasteiger partial charge in [0.25, 0.3) is 17.7 Å². The molecular weight excluding hydrogens is 684 g/mol. The summed E-state index contributed by atoms with van der Waals surface area (Å²) < 4.78 is 10.9. The fraction of sp³-hybridized carbons (Fsp3) is 0.179. The van der Waals surface area contributed by atoms with E-state index in [1.165, 1.54) is 62.4 Å². The van der Waals surface area contributed by atoms with Crippen LogP contribution in [-0.4, -0.2) is 90.8 Å². The van der Waals surface area contributed by atoms with Gasteiger partial charge in [-0.3, -0.25) is 33.7 Å². The normalized spacial score (nSPS) is 16.3. The molecule has 2 aliphatic rings. The minimum atomic E-state index is -0.842. The third-order valence-electron chi connectivity index (χ3n) is 8.79. The molecule has 6 rings (SSSR count). The first-order chi connectivity index (χ1) is 25.3. The zero-order chi connectivity index (χ0) is 38.0. The Hall–Kier alpha value is -6.96. The number of aldehydes is 1. The van der Waals surface area contributed by atoms with Gasteiger partial charge < -0.3 is 25.0 Å². The van der Waals surface area contributed by atoms with Gasteiger partial charge in [-0.15, -0.1) is 0 Å². The first-order valence-electron chi connectivity index (χ1n) is 16.3. The van der Waals surface area contributed by atoms with Gasteiger partial charge in [0.15, 0.2) is 6.29 Å². The van der Waals surface area contributed by atoms with Gasteiger partial charge in [0.05, 0.1) is 27.8 Å². The van der Waals surface area contributed by atoms with E-state index < -0.39 is 41.7 Å². The maximum absolute atomic E-state index is 13.0. The average Bonchev–Trinajstić information content (AvgIpc) is 3.37. The number of carbonyl (C=O) groups excluding carboxylic acids is 8. The summed E-state index contributed by atoms with van der Waals surface area (Å²) in [4.78, 5) is 102. The summed E-state index contributed by atoms with van der Waals surface area (Å²) in [6.07, 6.45) is 0.888. The molecule has 2 heterocycles. The highest BCUT2D eigenvalue weighted by atomic mass is 16.5. The van der Waals surface area contributed by atoms with Crippen molar-refractivity contribution in [2.24, 2.45) is 0 Å². The van der Waals surface area contributed by atoms with Crippen molar-refractivity contribution in [2.45, 2.75) is 24.9 Å². The fourth-order valence-electron chi connectivity index (χ4n) is 5.85. The van der Waals surface area contributed by atoms with Crippen LogP contribution in [0, 0.1) is 0 Å². The van der Waals surface area contributed by atoms with Gasteiger partial charge in [-0.05, 0) is 65.7 Å². The van der Waals surface area contributed by atoms with Crippen LogP contribution in [0.2, 0.25) is 0 Å². The molecule has 0 spiro atoms. The summed E-state index contributed by atoms with van der Waals surface area (Å²) >= 11 is 0. The Bertz CT molecular complexity index is 2190. The Morgan fingerprint density at radius 2 is 1.15 bits per heavy atom. The quantitative estimate of drug-likeness (QED) is 0.107. The molecule has 14 heteroatoms. The molecule has 0 aromatic heterocycles. The predicted molar refractivity (Wildman–Crippen MR) is 187 cm³/mol. The zero-order valence-corrected chi connectivity index (χ0v) is 28.7. The Kier molecular flexibility index (Phi) is 9.96. The Balaban J connectivity index is 1.00. The smallest absolute Gasteiger partial charge is 0.343 e. The van der Waals surface area contributed by atoms with Crippen LogP contribution in [0.1, 0.15) is 73.3 Å². The average molecular weight is 717 g/mol. The second-order valence-electron chi connectivity index (χ2n) is 12.6. The van der Waals surface area contributed by atoms with Crippen LogP contribution in [0.15, 0.2) is 84.9 Å². The Labute approximate surface area is 302 Å². The van der Waals surface area contributed by atoms with Crippen molar-refractivity contribution in [1.82, 2.24) is 20.4 Å². The molecule has 1 fully saturated rings. The minimum absolute atomic E-state index is 0.0725. The standard InChI is InChI=1S/C39H32N4O10/c1-42(2)35(47)29-18-23(8-9-25(29)20-44)38(50)52-26-11-4-21(5-12-26)16-31-33(45)41-32(34(46)40-31)17-22-6-13-27(14-7-22)53-39(51)24-10-15-28-30(19-24)37(49)43(3)36(28)48/h4-15,18-20,31-32H,16-17H2,1-3H3,(H,40,46)(H,41,45). The number of piperazine rings is 1. The third kappa shape index (κ3) is 7.56. The predicted octanol–water partition coefficient (Wildman–Crippen LogP) is 2.63. The first-order valence-corrected chi connectivity index (χ1v) is 16.3. The van der Waals surface area contributed by atoms with Gasteiger partial charge in [-0.25, -0.2) is 9.59 Å². The molecule has 0 aliphatic carbocycles. The SMILES string of the molecule is CN(C)C(=O)c1cc(C(=O)Oc2ccc(CC3NC(=O)C(Cc4ccc(OC(=O)c5ccc6c(c5)C(=O)N(C)C6=O)cc4)NC3=O)cc2)ccc1C=O. The summed E-state index contributed by atoms with van der Waals surface area (Å²) in [5.41, 5.74) is 2.14. The zero-order valence-electron chi connectivity index (χ0n) is 28.7. The molecule has 14 nitrogen and oxygen atoms in total. The Morgan fingerprint density at radius 1 is 0.679 bits per heavy atom. The molecule has 2 N–H and O–H groups in total. The molecule has 2 unspecified atom stereocenters. The van der Waals surface area contributed by atoms with E-state index in [-0.39, 0.29) is 69.5 Å². The molecule has 5 amide bonds. The number of nitrogens with zero attached hydrogens (tertiary/aromatic N) is 2. The molecule has 268 valence electrons. The van der Waals surface area contributed by atoms with Crippen molar-refractivity contribution in [3.63, 3.8) is 0 Å². The van der Waals surface area contributed by atoms with Crippen LogP contribution in [0.4, 0.5) is 0 Å². The molecule has 0 bridgehead atoms. The van der Waals surface area contributed by atoms with Gasteiger partial charge in [-0.1, -0.05) is 30.3 Å². The van der Waals surface area contributed by atoms with Crippen molar-refractivity contribution >= 4 is 47.8 Å². The van der Waals surface area contributed by atoms with E-state index in [9.17, 15) is 38.4 Å². The van der Waals surface area contributed by atoms with E-state index in [0.717, 1.165) is 4.90 Å². The van der Waals surface area contributed by atoms with Crippen molar-refractivity contribution < 1.29 is 47.8 Å². The summed E-state index contributed by atoms with van der Waals surface area (Å²) in [6, 6.07) is 19.3. The number of hydrogen-bond acceptors (Lipinski definition) is 10. The van der Waals surface area contributed by atoms with E-state index in [2.05, 4.69) is 10.6 Å². The van der Waals surface area contributed by atoms with Crippen molar-refractivity contribution in [3.8, 4) is 11.5 Å². The lowest BCUT2D eigenvalue weighted by Crippen LogP contribution is -2.62. The number of esters is 2. The monoisotopic (exact) mass is 716 g/mol. The molecule has 4 aromatic carbocycles. The topological polar surface area (TPSA) is 186 Å². The lowest BCUT2D eigenvalue weighted by molar-refractivity contribution is -0.136. The van der Waals surface area contributed by atoms with Crippen molar-refractivity contribution in [3.05, 3.63) is 129 Å². The Morgan fingerprint density at radius 3 is 1.64 bits per heavy atom. The van der Waals surface area contributed by atoms with Crippen LogP contribution in [0.3, 0.4) is 0 Å². The van der Waals surface area contributed by atoms with E-state index >= 15 is 0 Å². The molecule has 2 aliphatic heterocycles. The molecule has 0 saturated carbocycles. The number of fused-ring (bicyclic) bond motifs is 1. The minimum Gasteiger partial charge on any atom is -0.423 e. The molecule has 0 radical (unpaired) electrons. The number of benzene rings is 4. The number of ether oxygens (including phenoxy) is 2. The van der Waals surface area contributed by atoms with Crippen LogP contribution < -0.4 is 20.1 Å². The highest BCUT2D eigenvalue weighted by Crippen LogP contribution is 2.24. The largest absolute Gasteiger partial charge is 0.423 e.